The number of aliphatic hydroxyl groups is 1. The van der Waals surface area contributed by atoms with Crippen LogP contribution in [0.15, 0.2) is 0 Å². The predicted octanol–water partition coefficient (Wildman–Crippen LogP) is 0.867. The van der Waals surface area contributed by atoms with Gasteiger partial charge in [-0.1, -0.05) is 0 Å². The molecule has 0 aromatic carbocycles. The summed E-state index contributed by atoms with van der Waals surface area (Å²) in [5.74, 6) is 0. The maximum atomic E-state index is 9.44. The Morgan fingerprint density at radius 2 is 2.36 bits per heavy atom. The fourth-order valence-electron chi connectivity index (χ4n) is 1.89. The standard InChI is InChI=1S/C10H21NO2S/c1-13-7-9(12)6-11-8-3-4-10(5-8)14-2/h8-12H,3-7H2,1-2H3. The number of methoxy groups -OCH3 is 1. The normalized spacial score (nSPS) is 29.4. The SMILES string of the molecule is COCC(O)CNC1CCC(SC)C1. The Morgan fingerprint density at radius 3 is 2.93 bits per heavy atom. The van der Waals surface area contributed by atoms with Gasteiger partial charge in [-0.3, -0.25) is 0 Å². The molecule has 84 valence electrons. The molecular formula is C10H21NO2S. The number of ether oxygens (including phenoxy) is 1. The number of thioether (sulfide) groups is 1. The van der Waals surface area contributed by atoms with Crippen LogP contribution in [0.2, 0.25) is 0 Å². The van der Waals surface area contributed by atoms with Crippen LogP contribution in [0.1, 0.15) is 19.3 Å². The Kier molecular flexibility index (Phi) is 5.86. The van der Waals surface area contributed by atoms with E-state index in [1.54, 1.807) is 7.11 Å². The largest absolute Gasteiger partial charge is 0.389 e. The average molecular weight is 219 g/mol. The van der Waals surface area contributed by atoms with Crippen molar-refractivity contribution in [2.24, 2.45) is 0 Å². The highest BCUT2D eigenvalue weighted by molar-refractivity contribution is 7.99. The van der Waals surface area contributed by atoms with Crippen molar-refractivity contribution < 1.29 is 9.84 Å². The van der Waals surface area contributed by atoms with E-state index in [2.05, 4.69) is 11.6 Å². The summed E-state index contributed by atoms with van der Waals surface area (Å²) in [4.78, 5) is 0. The highest BCUT2D eigenvalue weighted by Crippen LogP contribution is 2.27. The van der Waals surface area contributed by atoms with Crippen molar-refractivity contribution >= 4 is 11.8 Å². The third-order valence-corrected chi connectivity index (χ3v) is 3.81. The molecule has 0 aromatic rings. The average Bonchev–Trinajstić information content (AvgIpc) is 2.63. The molecule has 0 amide bonds. The van der Waals surface area contributed by atoms with E-state index in [-0.39, 0.29) is 6.10 Å². The Balaban J connectivity index is 2.07. The first-order chi connectivity index (χ1) is 6.76. The molecule has 3 nitrogen and oxygen atoms in total. The minimum atomic E-state index is -0.367. The van der Waals surface area contributed by atoms with Crippen molar-refractivity contribution in [3.8, 4) is 0 Å². The topological polar surface area (TPSA) is 41.5 Å². The van der Waals surface area contributed by atoms with Gasteiger partial charge in [0.05, 0.1) is 12.7 Å². The predicted molar refractivity (Wildman–Crippen MR) is 60.8 cm³/mol. The summed E-state index contributed by atoms with van der Waals surface area (Å²) < 4.78 is 4.87. The second-order valence-electron chi connectivity index (χ2n) is 3.89. The zero-order valence-electron chi connectivity index (χ0n) is 9.03. The van der Waals surface area contributed by atoms with Gasteiger partial charge in [0.25, 0.3) is 0 Å². The van der Waals surface area contributed by atoms with Gasteiger partial charge >= 0.3 is 0 Å². The van der Waals surface area contributed by atoms with Gasteiger partial charge in [-0.05, 0) is 25.5 Å². The third-order valence-electron chi connectivity index (χ3n) is 2.72. The Labute approximate surface area is 90.6 Å². The minimum Gasteiger partial charge on any atom is -0.389 e. The molecule has 1 fully saturated rings. The maximum absolute atomic E-state index is 9.44. The molecule has 1 aliphatic carbocycles. The first-order valence-electron chi connectivity index (χ1n) is 5.19. The van der Waals surface area contributed by atoms with Crippen LogP contribution in [0.3, 0.4) is 0 Å². The molecule has 2 N–H and O–H groups in total. The summed E-state index contributed by atoms with van der Waals surface area (Å²) in [6, 6.07) is 0.596. The molecule has 14 heavy (non-hydrogen) atoms. The summed E-state index contributed by atoms with van der Waals surface area (Å²) in [5.41, 5.74) is 0. The second kappa shape index (κ2) is 6.67. The minimum absolute atomic E-state index is 0.367. The van der Waals surface area contributed by atoms with Crippen LogP contribution in [0.4, 0.5) is 0 Å². The van der Waals surface area contributed by atoms with Crippen molar-refractivity contribution in [1.29, 1.82) is 0 Å². The van der Waals surface area contributed by atoms with E-state index in [1.807, 2.05) is 11.8 Å². The van der Waals surface area contributed by atoms with E-state index in [0.29, 0.717) is 19.2 Å². The number of rotatable bonds is 6. The number of hydrogen-bond donors (Lipinski definition) is 2. The first-order valence-corrected chi connectivity index (χ1v) is 6.48. The fraction of sp³-hybridized carbons (Fsp3) is 1.00. The molecule has 1 saturated carbocycles. The quantitative estimate of drug-likeness (QED) is 0.695. The molecule has 3 unspecified atom stereocenters. The van der Waals surface area contributed by atoms with Crippen molar-refractivity contribution in [3.63, 3.8) is 0 Å². The van der Waals surface area contributed by atoms with E-state index in [4.69, 9.17) is 4.74 Å². The summed E-state index contributed by atoms with van der Waals surface area (Å²) >= 11 is 1.95. The maximum Gasteiger partial charge on any atom is 0.0897 e. The molecule has 0 aromatic heterocycles. The van der Waals surface area contributed by atoms with Crippen LogP contribution in [0.5, 0.6) is 0 Å². The second-order valence-corrected chi connectivity index (χ2v) is 5.02. The van der Waals surface area contributed by atoms with Gasteiger partial charge in [-0.2, -0.15) is 11.8 Å². The lowest BCUT2D eigenvalue weighted by molar-refractivity contribution is 0.0628. The van der Waals surface area contributed by atoms with Crippen LogP contribution < -0.4 is 5.32 Å². The Morgan fingerprint density at radius 1 is 1.57 bits per heavy atom. The molecule has 1 rings (SSSR count). The summed E-state index contributed by atoms with van der Waals surface area (Å²) in [6.07, 6.45) is 5.59. The van der Waals surface area contributed by atoms with Gasteiger partial charge in [-0.15, -0.1) is 0 Å². The van der Waals surface area contributed by atoms with E-state index < -0.39 is 0 Å². The molecule has 0 heterocycles. The molecule has 0 spiro atoms. The van der Waals surface area contributed by atoms with Gasteiger partial charge in [0.2, 0.25) is 0 Å². The lowest BCUT2D eigenvalue weighted by atomic mass is 10.2. The van der Waals surface area contributed by atoms with E-state index in [1.165, 1.54) is 19.3 Å². The van der Waals surface area contributed by atoms with Crippen LogP contribution in [-0.2, 0) is 4.74 Å². The third kappa shape index (κ3) is 4.17. The molecule has 0 saturated heterocycles. The van der Waals surface area contributed by atoms with Gasteiger partial charge in [0, 0.05) is 24.9 Å². The lowest BCUT2D eigenvalue weighted by Gasteiger charge is -2.15. The summed E-state index contributed by atoms with van der Waals surface area (Å²) in [6.45, 7) is 1.07. The van der Waals surface area contributed by atoms with Gasteiger partial charge in [-0.25, -0.2) is 0 Å². The van der Waals surface area contributed by atoms with Gasteiger partial charge in [0.1, 0.15) is 0 Å². The lowest BCUT2D eigenvalue weighted by Crippen LogP contribution is -2.36. The van der Waals surface area contributed by atoms with E-state index >= 15 is 0 Å². The van der Waals surface area contributed by atoms with Crippen molar-refractivity contribution in [2.75, 3.05) is 26.5 Å². The Bertz CT molecular complexity index is 157. The molecule has 3 atom stereocenters. The molecule has 1 aliphatic rings. The number of aliphatic hydroxyl groups excluding tert-OH is 1. The van der Waals surface area contributed by atoms with Crippen LogP contribution >= 0.6 is 11.8 Å². The Hall–Kier alpha value is 0.230. The summed E-state index contributed by atoms with van der Waals surface area (Å²) in [7, 11) is 1.61. The fourth-order valence-corrected chi connectivity index (χ4v) is 2.69. The molecule has 4 heteroatoms. The van der Waals surface area contributed by atoms with E-state index in [0.717, 1.165) is 5.25 Å². The first kappa shape index (κ1) is 12.3. The van der Waals surface area contributed by atoms with Crippen LogP contribution in [-0.4, -0.2) is 49.0 Å². The summed E-state index contributed by atoms with van der Waals surface area (Å²) in [5, 5.41) is 13.6. The monoisotopic (exact) mass is 219 g/mol. The smallest absolute Gasteiger partial charge is 0.0897 e. The zero-order valence-corrected chi connectivity index (χ0v) is 9.85. The van der Waals surface area contributed by atoms with Crippen LogP contribution in [0.25, 0.3) is 0 Å². The van der Waals surface area contributed by atoms with Gasteiger partial charge < -0.3 is 15.2 Å². The molecule has 0 aliphatic heterocycles. The van der Waals surface area contributed by atoms with E-state index in [9.17, 15) is 5.11 Å². The zero-order chi connectivity index (χ0) is 10.4. The van der Waals surface area contributed by atoms with Crippen molar-refractivity contribution in [2.45, 2.75) is 36.7 Å². The highest BCUT2D eigenvalue weighted by Gasteiger charge is 2.23. The van der Waals surface area contributed by atoms with Crippen molar-refractivity contribution in [1.82, 2.24) is 5.32 Å². The molecule has 0 radical (unpaired) electrons. The number of nitrogens with one attached hydrogen (secondary N) is 1. The van der Waals surface area contributed by atoms with Gasteiger partial charge in [0.15, 0.2) is 0 Å². The molecule has 0 bridgehead atoms. The highest BCUT2D eigenvalue weighted by atomic mass is 32.2. The number of hydrogen-bond acceptors (Lipinski definition) is 4. The molecular weight excluding hydrogens is 198 g/mol. The van der Waals surface area contributed by atoms with Crippen LogP contribution in [0, 0.1) is 0 Å². The van der Waals surface area contributed by atoms with Crippen molar-refractivity contribution in [3.05, 3.63) is 0 Å².